The van der Waals surface area contributed by atoms with E-state index in [1.54, 1.807) is 5.56 Å². The van der Waals surface area contributed by atoms with E-state index >= 15 is 0 Å². The van der Waals surface area contributed by atoms with Crippen molar-refractivity contribution in [1.29, 1.82) is 0 Å². The highest BCUT2D eigenvalue weighted by atomic mass is 15.1. The minimum atomic E-state index is -0.115. The molecule has 4 aliphatic rings. The zero-order valence-corrected chi connectivity index (χ0v) is 31.4. The van der Waals surface area contributed by atoms with Crippen LogP contribution in [0.5, 0.6) is 0 Å². The molecule has 0 radical (unpaired) electrons. The highest BCUT2D eigenvalue weighted by Gasteiger charge is 2.40. The quantitative estimate of drug-likeness (QED) is 0.161. The second-order valence-electron chi connectivity index (χ2n) is 17.2. The van der Waals surface area contributed by atoms with Gasteiger partial charge in [-0.2, -0.15) is 0 Å². The Hall–Kier alpha value is -4.88. The average molecular weight is 690 g/mol. The normalized spacial score (nSPS) is 21.4. The van der Waals surface area contributed by atoms with Crippen molar-refractivity contribution in [1.82, 2.24) is 0 Å². The molecule has 0 spiro atoms. The van der Waals surface area contributed by atoms with Crippen LogP contribution in [-0.2, 0) is 5.41 Å². The third-order valence-electron chi connectivity index (χ3n) is 13.8. The first kappa shape index (κ1) is 32.7. The Balaban J connectivity index is 1.07. The van der Waals surface area contributed by atoms with Gasteiger partial charge in [0.15, 0.2) is 0 Å². The third-order valence-corrected chi connectivity index (χ3v) is 13.8. The molecule has 6 aromatic carbocycles. The van der Waals surface area contributed by atoms with Crippen LogP contribution in [0.3, 0.4) is 0 Å². The minimum Gasteiger partial charge on any atom is -0.310 e. The highest BCUT2D eigenvalue weighted by molar-refractivity contribution is 5.96. The zero-order valence-electron chi connectivity index (χ0n) is 31.4. The Bertz CT molecular complexity index is 2240. The molecule has 0 amide bonds. The third kappa shape index (κ3) is 5.75. The summed E-state index contributed by atoms with van der Waals surface area (Å²) in [7, 11) is 0. The SMILES string of the molecule is CC1(C)c2ccccc2-c2c(-c3ccccc3)cc(N(c3ccc(-c4ccc(C5CC6CCC5C6)cc4)cc3)c3ccc(C4CCCCC4)cc3)cc21. The molecule has 0 N–H and O–H groups in total. The summed E-state index contributed by atoms with van der Waals surface area (Å²) in [6.07, 6.45) is 12.4. The van der Waals surface area contributed by atoms with E-state index in [0.29, 0.717) is 5.92 Å². The van der Waals surface area contributed by atoms with Crippen molar-refractivity contribution in [2.75, 3.05) is 4.90 Å². The monoisotopic (exact) mass is 689 g/mol. The van der Waals surface area contributed by atoms with Crippen molar-refractivity contribution in [2.24, 2.45) is 11.8 Å². The van der Waals surface area contributed by atoms with Crippen molar-refractivity contribution in [2.45, 2.75) is 88.9 Å². The lowest BCUT2D eigenvalue weighted by Gasteiger charge is -2.30. The number of benzene rings is 6. The molecule has 4 aliphatic carbocycles. The molecular formula is C52H51N. The molecule has 3 fully saturated rings. The van der Waals surface area contributed by atoms with Crippen molar-refractivity contribution in [3.05, 3.63) is 162 Å². The first-order valence-electron chi connectivity index (χ1n) is 20.5. The maximum Gasteiger partial charge on any atom is 0.0471 e. The molecule has 1 nitrogen and oxygen atoms in total. The molecule has 3 atom stereocenters. The maximum absolute atomic E-state index is 2.50. The summed E-state index contributed by atoms with van der Waals surface area (Å²) in [4.78, 5) is 2.50. The summed E-state index contributed by atoms with van der Waals surface area (Å²) < 4.78 is 0. The van der Waals surface area contributed by atoms with Crippen LogP contribution in [0.15, 0.2) is 140 Å². The molecular weight excluding hydrogens is 639 g/mol. The molecule has 6 aromatic rings. The van der Waals surface area contributed by atoms with Crippen LogP contribution in [-0.4, -0.2) is 0 Å². The van der Waals surface area contributed by atoms with Gasteiger partial charge >= 0.3 is 0 Å². The smallest absolute Gasteiger partial charge is 0.0471 e. The first-order chi connectivity index (χ1) is 26.0. The van der Waals surface area contributed by atoms with E-state index < -0.39 is 0 Å². The van der Waals surface area contributed by atoms with Gasteiger partial charge in [-0.1, -0.05) is 143 Å². The second-order valence-corrected chi connectivity index (χ2v) is 17.2. The Morgan fingerprint density at radius 3 is 1.81 bits per heavy atom. The summed E-state index contributed by atoms with van der Waals surface area (Å²) in [5.74, 6) is 3.34. The Kier molecular flexibility index (Phi) is 8.16. The molecule has 264 valence electrons. The summed E-state index contributed by atoms with van der Waals surface area (Å²) in [5, 5.41) is 0. The van der Waals surface area contributed by atoms with Gasteiger partial charge in [-0.25, -0.2) is 0 Å². The van der Waals surface area contributed by atoms with Crippen LogP contribution < -0.4 is 4.90 Å². The molecule has 2 bridgehead atoms. The average Bonchev–Trinajstić information content (AvgIpc) is 3.92. The molecule has 1 heteroatoms. The number of hydrogen-bond donors (Lipinski definition) is 0. The number of anilines is 3. The highest BCUT2D eigenvalue weighted by Crippen LogP contribution is 2.55. The number of fused-ring (bicyclic) bond motifs is 5. The lowest BCUT2D eigenvalue weighted by atomic mass is 9.81. The van der Waals surface area contributed by atoms with E-state index in [9.17, 15) is 0 Å². The van der Waals surface area contributed by atoms with E-state index in [1.807, 2.05) is 0 Å². The predicted molar refractivity (Wildman–Crippen MR) is 224 cm³/mol. The molecule has 0 aromatic heterocycles. The number of rotatable bonds is 7. The minimum absolute atomic E-state index is 0.115. The van der Waals surface area contributed by atoms with Crippen LogP contribution in [0.4, 0.5) is 17.1 Å². The van der Waals surface area contributed by atoms with E-state index in [1.165, 1.54) is 125 Å². The lowest BCUT2D eigenvalue weighted by molar-refractivity contribution is 0.420. The maximum atomic E-state index is 2.50. The van der Waals surface area contributed by atoms with E-state index in [2.05, 4.69) is 158 Å². The Morgan fingerprint density at radius 2 is 1.13 bits per heavy atom. The van der Waals surface area contributed by atoms with Crippen molar-refractivity contribution >= 4 is 17.1 Å². The van der Waals surface area contributed by atoms with Gasteiger partial charge in [0, 0.05) is 22.5 Å². The largest absolute Gasteiger partial charge is 0.310 e. The van der Waals surface area contributed by atoms with Gasteiger partial charge in [0.1, 0.15) is 0 Å². The molecule has 0 aliphatic heterocycles. The molecule has 10 rings (SSSR count). The van der Waals surface area contributed by atoms with Gasteiger partial charge in [0.25, 0.3) is 0 Å². The van der Waals surface area contributed by atoms with E-state index in [-0.39, 0.29) is 5.41 Å². The molecule has 0 heterocycles. The molecule has 3 unspecified atom stereocenters. The summed E-state index contributed by atoms with van der Waals surface area (Å²) >= 11 is 0. The number of nitrogens with zero attached hydrogens (tertiary/aromatic N) is 1. The summed E-state index contributed by atoms with van der Waals surface area (Å²) in [6.45, 7) is 4.80. The topological polar surface area (TPSA) is 3.24 Å². The van der Waals surface area contributed by atoms with E-state index in [4.69, 9.17) is 0 Å². The standard InChI is InChI=1S/C52H51N/c1-52(2)49-16-10-9-15-46(49)51-48(40-13-7-4-8-14-40)33-45(34-50(51)52)53(43-27-23-38(24-28-43)36-11-5-3-6-12-36)44-29-25-39(26-30-44)37-19-21-41(22-20-37)47-32-35-17-18-42(47)31-35/h4,7-10,13-16,19-30,33-36,42,47H,3,5-6,11-12,17-18,31-32H2,1-2H3. The van der Waals surface area contributed by atoms with Crippen LogP contribution in [0.1, 0.15) is 106 Å². The predicted octanol–water partition coefficient (Wildman–Crippen LogP) is 14.7. The van der Waals surface area contributed by atoms with Crippen molar-refractivity contribution in [3.8, 4) is 33.4 Å². The summed E-state index contributed by atoms with van der Waals surface area (Å²) in [5.41, 5.74) is 17.2. The number of hydrogen-bond acceptors (Lipinski definition) is 1. The lowest BCUT2D eigenvalue weighted by Crippen LogP contribution is -2.17. The van der Waals surface area contributed by atoms with Gasteiger partial charge < -0.3 is 4.90 Å². The van der Waals surface area contributed by atoms with Gasteiger partial charge in [-0.3, -0.25) is 0 Å². The van der Waals surface area contributed by atoms with Crippen LogP contribution in [0.25, 0.3) is 33.4 Å². The van der Waals surface area contributed by atoms with Gasteiger partial charge in [-0.15, -0.1) is 0 Å². The van der Waals surface area contributed by atoms with Gasteiger partial charge in [0.2, 0.25) is 0 Å². The Morgan fingerprint density at radius 1 is 0.491 bits per heavy atom. The fourth-order valence-electron chi connectivity index (χ4n) is 10.9. The van der Waals surface area contributed by atoms with Crippen LogP contribution >= 0.6 is 0 Å². The first-order valence-corrected chi connectivity index (χ1v) is 20.5. The second kappa shape index (κ2) is 13.2. The fraction of sp³-hybridized carbons (Fsp3) is 0.308. The molecule has 53 heavy (non-hydrogen) atoms. The van der Waals surface area contributed by atoms with Crippen LogP contribution in [0, 0.1) is 11.8 Å². The van der Waals surface area contributed by atoms with Crippen molar-refractivity contribution in [3.63, 3.8) is 0 Å². The van der Waals surface area contributed by atoms with E-state index in [0.717, 1.165) is 17.8 Å². The van der Waals surface area contributed by atoms with Gasteiger partial charge in [-0.05, 0) is 148 Å². The Labute approximate surface area is 316 Å². The zero-order chi connectivity index (χ0) is 35.5. The van der Waals surface area contributed by atoms with Crippen LogP contribution in [0.2, 0.25) is 0 Å². The van der Waals surface area contributed by atoms with Gasteiger partial charge in [0.05, 0.1) is 0 Å². The van der Waals surface area contributed by atoms with Crippen molar-refractivity contribution < 1.29 is 0 Å². The fourth-order valence-corrected chi connectivity index (χ4v) is 10.9. The molecule has 0 saturated heterocycles. The summed E-state index contributed by atoms with van der Waals surface area (Å²) in [6, 6.07) is 53.5. The molecule has 3 saturated carbocycles.